The first kappa shape index (κ1) is 32.3. The zero-order valence-corrected chi connectivity index (χ0v) is 27.6. The molecule has 2 aliphatic rings. The SMILES string of the molecule is O=C(NC1c2ccccc2-c2ccccc21)[C@]1(CCS(=O)(=O)c2ccccc2)N=C(c2ccc(OCCCO)cc2)O[C@@H]1c1ccccc1. The van der Waals surface area contributed by atoms with Crippen molar-refractivity contribution in [3.05, 3.63) is 156 Å². The lowest BCUT2D eigenvalue weighted by Gasteiger charge is -2.32. The van der Waals surface area contributed by atoms with Crippen LogP contribution in [0.15, 0.2) is 143 Å². The van der Waals surface area contributed by atoms with Gasteiger partial charge in [-0.15, -0.1) is 0 Å². The van der Waals surface area contributed by atoms with Crippen LogP contribution >= 0.6 is 0 Å². The monoisotopic (exact) mass is 672 g/mol. The molecule has 8 nitrogen and oxygen atoms in total. The molecule has 49 heavy (non-hydrogen) atoms. The maximum absolute atomic E-state index is 15.0. The topological polar surface area (TPSA) is 114 Å². The summed E-state index contributed by atoms with van der Waals surface area (Å²) in [5, 5.41) is 12.4. The molecule has 9 heteroatoms. The Hall–Kier alpha value is -5.25. The Balaban J connectivity index is 1.31. The van der Waals surface area contributed by atoms with Gasteiger partial charge in [0.05, 0.1) is 23.3 Å². The Morgan fingerprint density at radius 2 is 1.39 bits per heavy atom. The van der Waals surface area contributed by atoms with Crippen molar-refractivity contribution in [1.29, 1.82) is 0 Å². The number of carbonyl (C=O) groups is 1. The van der Waals surface area contributed by atoms with Gasteiger partial charge in [-0.1, -0.05) is 97.1 Å². The highest BCUT2D eigenvalue weighted by Crippen LogP contribution is 2.46. The number of hydrogen-bond acceptors (Lipinski definition) is 7. The summed E-state index contributed by atoms with van der Waals surface area (Å²) in [5.41, 5.74) is 3.67. The third-order valence-corrected chi connectivity index (χ3v) is 10.8. The molecule has 0 saturated heterocycles. The molecule has 0 fully saturated rings. The van der Waals surface area contributed by atoms with Gasteiger partial charge in [0.15, 0.2) is 21.5 Å². The second-order valence-electron chi connectivity index (χ2n) is 12.2. The van der Waals surface area contributed by atoms with Gasteiger partial charge in [0.2, 0.25) is 5.90 Å². The normalized spacial score (nSPS) is 18.2. The summed E-state index contributed by atoms with van der Waals surface area (Å²) < 4.78 is 39.7. The van der Waals surface area contributed by atoms with E-state index in [9.17, 15) is 8.42 Å². The molecule has 0 saturated carbocycles. The summed E-state index contributed by atoms with van der Waals surface area (Å²) in [5.74, 6) is 0.0888. The minimum absolute atomic E-state index is 0.0335. The summed E-state index contributed by atoms with van der Waals surface area (Å²) in [7, 11) is -3.79. The zero-order valence-electron chi connectivity index (χ0n) is 26.7. The molecule has 5 aromatic carbocycles. The molecule has 1 heterocycles. The molecule has 2 atom stereocenters. The molecule has 0 bridgehead atoms. The number of aliphatic hydroxyl groups excluding tert-OH is 1. The highest BCUT2D eigenvalue weighted by Gasteiger charge is 2.54. The van der Waals surface area contributed by atoms with E-state index in [1.165, 1.54) is 0 Å². The molecule has 1 amide bonds. The first-order chi connectivity index (χ1) is 23.9. The largest absolute Gasteiger partial charge is 0.494 e. The highest BCUT2D eigenvalue weighted by atomic mass is 32.2. The number of rotatable bonds is 12. The fourth-order valence-corrected chi connectivity index (χ4v) is 7.99. The molecule has 248 valence electrons. The van der Waals surface area contributed by atoms with Crippen molar-refractivity contribution in [3.63, 3.8) is 0 Å². The third-order valence-electron chi connectivity index (χ3n) is 9.10. The molecular formula is C40H36N2O6S. The van der Waals surface area contributed by atoms with E-state index in [1.54, 1.807) is 54.6 Å². The van der Waals surface area contributed by atoms with Crippen molar-refractivity contribution in [2.24, 2.45) is 4.99 Å². The summed E-state index contributed by atoms with van der Waals surface area (Å²) in [6.45, 7) is 0.405. The molecule has 2 N–H and O–H groups in total. The van der Waals surface area contributed by atoms with Gasteiger partial charge in [-0.05, 0) is 64.2 Å². The van der Waals surface area contributed by atoms with Crippen molar-refractivity contribution in [1.82, 2.24) is 5.32 Å². The molecule has 5 aromatic rings. The molecule has 1 aliphatic carbocycles. The molecule has 0 aromatic heterocycles. The average Bonchev–Trinajstić information content (AvgIpc) is 3.69. The summed E-state index contributed by atoms with van der Waals surface area (Å²) in [6.07, 6.45) is -0.533. The standard InChI is InChI=1S/C40H36N2O6S/c43-25-11-26-47-30-22-20-29(21-23-30)38-42-40(37(48-38)28-12-3-1-4-13-28,24-27-49(45,46)31-14-5-2-6-15-31)39(44)41-36-34-18-9-7-16-32(34)33-17-8-10-19-35(33)36/h1-10,12-23,36-37,43H,11,24-27H2,(H,41,44)/t37-,40-/m1/s1. The van der Waals surface area contributed by atoms with Crippen LogP contribution in [0.4, 0.5) is 0 Å². The predicted octanol–water partition coefficient (Wildman–Crippen LogP) is 6.45. The van der Waals surface area contributed by atoms with Crippen LogP contribution in [0.25, 0.3) is 11.1 Å². The van der Waals surface area contributed by atoms with Crippen LogP contribution in [0.2, 0.25) is 0 Å². The number of nitrogens with zero attached hydrogens (tertiary/aromatic N) is 1. The van der Waals surface area contributed by atoms with Crippen molar-refractivity contribution in [2.75, 3.05) is 19.0 Å². The maximum atomic E-state index is 15.0. The van der Waals surface area contributed by atoms with Crippen molar-refractivity contribution < 1.29 is 27.8 Å². The number of sulfone groups is 1. The second-order valence-corrected chi connectivity index (χ2v) is 14.3. The lowest BCUT2D eigenvalue weighted by molar-refractivity contribution is -0.129. The number of hydrogen-bond donors (Lipinski definition) is 2. The van der Waals surface area contributed by atoms with Gasteiger partial charge >= 0.3 is 0 Å². The number of carbonyl (C=O) groups excluding carboxylic acids is 1. The Morgan fingerprint density at radius 1 is 0.796 bits per heavy atom. The van der Waals surface area contributed by atoms with Gasteiger partial charge in [0.25, 0.3) is 5.91 Å². The lowest BCUT2D eigenvalue weighted by Crippen LogP contribution is -2.50. The number of fused-ring (bicyclic) bond motifs is 3. The lowest BCUT2D eigenvalue weighted by atomic mass is 9.84. The summed E-state index contributed by atoms with van der Waals surface area (Å²) in [6, 6.07) is 40.2. The Morgan fingerprint density at radius 3 is 2.02 bits per heavy atom. The Bertz CT molecular complexity index is 2040. The van der Waals surface area contributed by atoms with Crippen LogP contribution in [-0.4, -0.2) is 49.8 Å². The van der Waals surface area contributed by atoms with Crippen LogP contribution < -0.4 is 10.1 Å². The van der Waals surface area contributed by atoms with E-state index < -0.39 is 33.4 Å². The van der Waals surface area contributed by atoms with E-state index in [-0.39, 0.29) is 29.6 Å². The van der Waals surface area contributed by atoms with E-state index in [2.05, 4.69) is 5.32 Å². The minimum Gasteiger partial charge on any atom is -0.494 e. The Kier molecular flexibility index (Phi) is 9.03. The summed E-state index contributed by atoms with van der Waals surface area (Å²) in [4.78, 5) is 20.3. The second kappa shape index (κ2) is 13.7. The van der Waals surface area contributed by atoms with Crippen molar-refractivity contribution >= 4 is 21.6 Å². The molecule has 0 spiro atoms. The number of aliphatic imine (C=N–C) groups is 1. The first-order valence-electron chi connectivity index (χ1n) is 16.3. The van der Waals surface area contributed by atoms with Crippen LogP contribution in [0.5, 0.6) is 5.75 Å². The molecule has 0 radical (unpaired) electrons. The number of amides is 1. The number of aliphatic hydroxyl groups is 1. The van der Waals surface area contributed by atoms with Gasteiger partial charge in [0.1, 0.15) is 5.75 Å². The smallest absolute Gasteiger partial charge is 0.253 e. The highest BCUT2D eigenvalue weighted by molar-refractivity contribution is 7.91. The molecule has 7 rings (SSSR count). The van der Waals surface area contributed by atoms with Gasteiger partial charge < -0.3 is 19.9 Å². The van der Waals surface area contributed by atoms with Crippen LogP contribution in [0, 0.1) is 0 Å². The van der Waals surface area contributed by atoms with Gasteiger partial charge in [0, 0.05) is 25.0 Å². The van der Waals surface area contributed by atoms with Gasteiger partial charge in [-0.25, -0.2) is 13.4 Å². The fraction of sp³-hybridized carbons (Fsp3) is 0.200. The number of benzene rings is 5. The van der Waals surface area contributed by atoms with E-state index in [1.807, 2.05) is 78.9 Å². The van der Waals surface area contributed by atoms with Crippen LogP contribution in [0.3, 0.4) is 0 Å². The van der Waals surface area contributed by atoms with E-state index in [0.717, 1.165) is 22.3 Å². The third kappa shape index (κ3) is 6.35. The summed E-state index contributed by atoms with van der Waals surface area (Å²) >= 11 is 0. The van der Waals surface area contributed by atoms with Crippen molar-refractivity contribution in [3.8, 4) is 16.9 Å². The number of nitrogens with one attached hydrogen (secondary N) is 1. The van der Waals surface area contributed by atoms with Crippen molar-refractivity contribution in [2.45, 2.75) is 35.4 Å². The molecule has 0 unspecified atom stereocenters. The maximum Gasteiger partial charge on any atom is 0.253 e. The quantitative estimate of drug-likeness (QED) is 0.147. The predicted molar refractivity (Wildman–Crippen MR) is 188 cm³/mol. The van der Waals surface area contributed by atoms with E-state index in [0.29, 0.717) is 29.9 Å². The van der Waals surface area contributed by atoms with E-state index in [4.69, 9.17) is 19.6 Å². The van der Waals surface area contributed by atoms with E-state index >= 15 is 4.79 Å². The zero-order chi connectivity index (χ0) is 33.8. The van der Waals surface area contributed by atoms with Gasteiger partial charge in [-0.3, -0.25) is 4.79 Å². The molecule has 1 aliphatic heterocycles. The average molecular weight is 673 g/mol. The molecular weight excluding hydrogens is 637 g/mol. The first-order valence-corrected chi connectivity index (χ1v) is 18.0. The fourth-order valence-electron chi connectivity index (χ4n) is 6.60. The van der Waals surface area contributed by atoms with Crippen LogP contribution in [0.1, 0.15) is 47.2 Å². The van der Waals surface area contributed by atoms with Gasteiger partial charge in [-0.2, -0.15) is 0 Å². The van der Waals surface area contributed by atoms with Crippen LogP contribution in [-0.2, 0) is 19.4 Å². The Labute approximate surface area is 286 Å². The minimum atomic E-state index is -3.79. The number of ether oxygens (including phenoxy) is 2.